The zero-order chi connectivity index (χ0) is 20.2. The number of halogens is 1. The van der Waals surface area contributed by atoms with Gasteiger partial charge in [-0.05, 0) is 36.2 Å². The summed E-state index contributed by atoms with van der Waals surface area (Å²) in [7, 11) is 0. The number of fused-ring (bicyclic) bond motifs is 1. The smallest absolute Gasteiger partial charge is 0.235 e. The number of hydrogen-bond acceptors (Lipinski definition) is 4. The fraction of sp³-hybridized carbons (Fsp3) is 0.130. The van der Waals surface area contributed by atoms with Crippen molar-refractivity contribution in [1.82, 2.24) is 0 Å². The van der Waals surface area contributed by atoms with Gasteiger partial charge in [0, 0.05) is 22.3 Å². The predicted octanol–water partition coefficient (Wildman–Crippen LogP) is 4.75. The number of anilines is 1. The summed E-state index contributed by atoms with van der Waals surface area (Å²) in [5, 5.41) is 3.39. The molecule has 3 aromatic carbocycles. The van der Waals surface area contributed by atoms with Gasteiger partial charge in [0.25, 0.3) is 0 Å². The third-order valence-corrected chi connectivity index (χ3v) is 4.90. The van der Waals surface area contributed by atoms with Gasteiger partial charge in [-0.2, -0.15) is 0 Å². The molecule has 0 bridgehead atoms. The third-order valence-electron chi connectivity index (χ3n) is 4.66. The van der Waals surface area contributed by atoms with Crippen molar-refractivity contribution in [2.24, 2.45) is 5.92 Å². The minimum atomic E-state index is -0.902. The van der Waals surface area contributed by atoms with Crippen molar-refractivity contribution >= 4 is 29.0 Å². The van der Waals surface area contributed by atoms with Crippen molar-refractivity contribution in [2.75, 3.05) is 12.1 Å². The van der Waals surface area contributed by atoms with Gasteiger partial charge in [0.1, 0.15) is 5.92 Å². The molecular weight excluding hydrogens is 390 g/mol. The van der Waals surface area contributed by atoms with Crippen molar-refractivity contribution in [3.8, 4) is 11.5 Å². The molecule has 5 nitrogen and oxygen atoms in total. The van der Waals surface area contributed by atoms with Gasteiger partial charge in [-0.25, -0.2) is 0 Å². The molecule has 1 aliphatic heterocycles. The lowest BCUT2D eigenvalue weighted by molar-refractivity contribution is -0.118. The number of benzene rings is 3. The van der Waals surface area contributed by atoms with Gasteiger partial charge in [0.15, 0.2) is 17.3 Å². The van der Waals surface area contributed by atoms with Crippen LogP contribution in [0.3, 0.4) is 0 Å². The van der Waals surface area contributed by atoms with Gasteiger partial charge in [0.2, 0.25) is 12.7 Å². The average molecular weight is 408 g/mol. The second-order valence-electron chi connectivity index (χ2n) is 6.67. The standard InChI is InChI=1S/C23H18ClNO4/c24-17-8-4-5-15(11-17)12-19(22(26)16-6-2-1-3-7-16)23(27)25-18-9-10-20-21(13-18)29-14-28-20/h1-11,13,19H,12,14H2,(H,25,27)/t19-/m1/s1. The van der Waals surface area contributed by atoms with Crippen LogP contribution in [0.25, 0.3) is 0 Å². The van der Waals surface area contributed by atoms with E-state index in [1.165, 1.54) is 0 Å². The largest absolute Gasteiger partial charge is 0.454 e. The van der Waals surface area contributed by atoms with Crippen LogP contribution in [0.2, 0.25) is 5.02 Å². The maximum absolute atomic E-state index is 13.1. The number of hydrogen-bond donors (Lipinski definition) is 1. The van der Waals surface area contributed by atoms with E-state index in [1.807, 2.05) is 12.1 Å². The Morgan fingerprint density at radius 1 is 0.931 bits per heavy atom. The molecule has 0 unspecified atom stereocenters. The summed E-state index contributed by atoms with van der Waals surface area (Å²) in [6.07, 6.45) is 0.241. The molecule has 1 amide bonds. The Kier molecular flexibility index (Phi) is 5.49. The molecule has 0 aliphatic carbocycles. The Bertz CT molecular complexity index is 1050. The summed E-state index contributed by atoms with van der Waals surface area (Å²) in [6.45, 7) is 0.149. The number of Topliss-reactive ketones (excluding diaryl/α,β-unsaturated/α-hetero) is 1. The van der Waals surface area contributed by atoms with E-state index in [9.17, 15) is 9.59 Å². The Morgan fingerprint density at radius 2 is 1.72 bits per heavy atom. The number of nitrogens with one attached hydrogen (secondary N) is 1. The van der Waals surface area contributed by atoms with Crippen LogP contribution in [0.1, 0.15) is 15.9 Å². The van der Waals surface area contributed by atoms with Crippen LogP contribution in [0.4, 0.5) is 5.69 Å². The summed E-state index contributed by atoms with van der Waals surface area (Å²) in [6, 6.07) is 21.1. The van der Waals surface area contributed by atoms with E-state index in [2.05, 4.69) is 5.32 Å². The highest BCUT2D eigenvalue weighted by molar-refractivity contribution is 6.30. The lowest BCUT2D eigenvalue weighted by Crippen LogP contribution is -2.31. The SMILES string of the molecule is O=C(Nc1ccc2c(c1)OCO2)[C@H](Cc1cccc(Cl)c1)C(=O)c1ccccc1. The number of rotatable bonds is 6. The molecule has 0 aromatic heterocycles. The molecule has 1 heterocycles. The van der Waals surface area contributed by atoms with E-state index in [0.717, 1.165) is 5.56 Å². The number of carbonyl (C=O) groups excluding carboxylic acids is 2. The van der Waals surface area contributed by atoms with E-state index in [1.54, 1.807) is 60.7 Å². The fourth-order valence-corrected chi connectivity index (χ4v) is 3.42. The van der Waals surface area contributed by atoms with Gasteiger partial charge in [-0.1, -0.05) is 54.1 Å². The number of ether oxygens (including phenoxy) is 2. The summed E-state index contributed by atoms with van der Waals surface area (Å²) < 4.78 is 10.6. The Morgan fingerprint density at radius 3 is 2.52 bits per heavy atom. The highest BCUT2D eigenvalue weighted by atomic mass is 35.5. The highest BCUT2D eigenvalue weighted by Gasteiger charge is 2.28. The van der Waals surface area contributed by atoms with Crippen molar-refractivity contribution < 1.29 is 19.1 Å². The van der Waals surface area contributed by atoms with E-state index >= 15 is 0 Å². The quantitative estimate of drug-likeness (QED) is 0.473. The zero-order valence-corrected chi connectivity index (χ0v) is 16.2. The van der Waals surface area contributed by atoms with Crippen LogP contribution in [0.5, 0.6) is 11.5 Å². The lowest BCUT2D eigenvalue weighted by Gasteiger charge is -2.17. The van der Waals surface area contributed by atoms with Gasteiger partial charge < -0.3 is 14.8 Å². The lowest BCUT2D eigenvalue weighted by atomic mass is 9.90. The first-order valence-electron chi connectivity index (χ1n) is 9.14. The molecule has 1 aliphatic rings. The second-order valence-corrected chi connectivity index (χ2v) is 7.11. The van der Waals surface area contributed by atoms with Crippen LogP contribution < -0.4 is 14.8 Å². The van der Waals surface area contributed by atoms with Crippen LogP contribution in [0.15, 0.2) is 72.8 Å². The van der Waals surface area contributed by atoms with Crippen LogP contribution in [-0.2, 0) is 11.2 Å². The van der Waals surface area contributed by atoms with Gasteiger partial charge in [-0.15, -0.1) is 0 Å². The van der Waals surface area contributed by atoms with Crippen LogP contribution in [0, 0.1) is 5.92 Å². The molecule has 146 valence electrons. The maximum atomic E-state index is 13.1. The fourth-order valence-electron chi connectivity index (χ4n) is 3.21. The van der Waals surface area contributed by atoms with Crippen LogP contribution in [-0.4, -0.2) is 18.5 Å². The van der Waals surface area contributed by atoms with E-state index in [-0.39, 0.29) is 19.0 Å². The topological polar surface area (TPSA) is 64.6 Å². The van der Waals surface area contributed by atoms with Gasteiger partial charge in [0.05, 0.1) is 0 Å². The molecule has 4 rings (SSSR count). The van der Waals surface area contributed by atoms with E-state index in [0.29, 0.717) is 27.8 Å². The minimum absolute atomic E-state index is 0.149. The van der Waals surface area contributed by atoms with Crippen molar-refractivity contribution in [1.29, 1.82) is 0 Å². The first kappa shape index (κ1) is 19.0. The van der Waals surface area contributed by atoms with Crippen molar-refractivity contribution in [2.45, 2.75) is 6.42 Å². The van der Waals surface area contributed by atoms with E-state index in [4.69, 9.17) is 21.1 Å². The summed E-state index contributed by atoms with van der Waals surface area (Å²) in [5.41, 5.74) is 1.84. The second kappa shape index (κ2) is 8.37. The summed E-state index contributed by atoms with van der Waals surface area (Å²) in [5.74, 6) is -0.356. The molecule has 0 fully saturated rings. The van der Waals surface area contributed by atoms with Crippen molar-refractivity contribution in [3.05, 3.63) is 88.9 Å². The normalized spacial score (nSPS) is 13.0. The molecule has 0 spiro atoms. The third kappa shape index (κ3) is 4.41. The highest BCUT2D eigenvalue weighted by Crippen LogP contribution is 2.34. The summed E-state index contributed by atoms with van der Waals surface area (Å²) in [4.78, 5) is 26.2. The molecule has 3 aromatic rings. The average Bonchev–Trinajstić information content (AvgIpc) is 3.20. The molecule has 1 N–H and O–H groups in total. The Balaban J connectivity index is 1.60. The molecule has 0 saturated carbocycles. The predicted molar refractivity (Wildman–Crippen MR) is 111 cm³/mol. The molecule has 1 atom stereocenters. The van der Waals surface area contributed by atoms with Crippen LogP contribution >= 0.6 is 11.6 Å². The summed E-state index contributed by atoms with van der Waals surface area (Å²) >= 11 is 6.08. The molecule has 0 radical (unpaired) electrons. The number of carbonyl (C=O) groups is 2. The molecule has 6 heteroatoms. The zero-order valence-electron chi connectivity index (χ0n) is 15.4. The Hall–Kier alpha value is -3.31. The maximum Gasteiger partial charge on any atom is 0.235 e. The van der Waals surface area contributed by atoms with E-state index < -0.39 is 11.8 Å². The molecular formula is C23H18ClNO4. The molecule has 29 heavy (non-hydrogen) atoms. The monoisotopic (exact) mass is 407 g/mol. The Labute approximate surface area is 173 Å². The first-order valence-corrected chi connectivity index (χ1v) is 9.52. The number of ketones is 1. The van der Waals surface area contributed by atoms with Crippen molar-refractivity contribution in [3.63, 3.8) is 0 Å². The van der Waals surface area contributed by atoms with Gasteiger partial charge >= 0.3 is 0 Å². The minimum Gasteiger partial charge on any atom is -0.454 e. The molecule has 0 saturated heterocycles. The first-order chi connectivity index (χ1) is 14.1. The van der Waals surface area contributed by atoms with Gasteiger partial charge in [-0.3, -0.25) is 9.59 Å². The number of amides is 1.